The molecule has 0 saturated carbocycles. The number of hydrogen-bond acceptors (Lipinski definition) is 1. The summed E-state index contributed by atoms with van der Waals surface area (Å²) >= 11 is 0. The maximum Gasteiger partial charge on any atom is 0.0725 e. The molecule has 0 unspecified atom stereocenters. The minimum absolute atomic E-state index is 0.104. The van der Waals surface area contributed by atoms with E-state index < -0.39 is 0 Å². The van der Waals surface area contributed by atoms with E-state index in [-0.39, 0.29) is 10.8 Å². The zero-order valence-corrected chi connectivity index (χ0v) is 35.0. The van der Waals surface area contributed by atoms with Gasteiger partial charge in [-0.15, -0.1) is 0 Å². The molecule has 1 heteroatoms. The fourth-order valence-electron chi connectivity index (χ4n) is 11.2. The van der Waals surface area contributed by atoms with Crippen LogP contribution in [-0.2, 0) is 10.8 Å². The average Bonchev–Trinajstić information content (AvgIpc) is 3.85. The van der Waals surface area contributed by atoms with Crippen molar-refractivity contribution >= 4 is 17.1 Å². The molecule has 0 aromatic heterocycles. The van der Waals surface area contributed by atoms with Crippen LogP contribution in [-0.4, -0.2) is 0 Å². The van der Waals surface area contributed by atoms with E-state index in [0.29, 0.717) is 0 Å². The molecular weight excluding hydrogens is 735 g/mol. The summed E-state index contributed by atoms with van der Waals surface area (Å²) in [5.41, 5.74) is 26.7. The van der Waals surface area contributed by atoms with Gasteiger partial charge in [0.15, 0.2) is 0 Å². The van der Waals surface area contributed by atoms with Crippen LogP contribution >= 0.6 is 0 Å². The molecule has 0 N–H and O–H groups in total. The van der Waals surface area contributed by atoms with Crippen molar-refractivity contribution in [3.8, 4) is 55.6 Å². The van der Waals surface area contributed by atoms with Crippen LogP contribution in [0.4, 0.5) is 17.1 Å². The van der Waals surface area contributed by atoms with Gasteiger partial charge in [-0.05, 0) is 139 Å². The maximum absolute atomic E-state index is 2.47. The molecule has 0 aliphatic heterocycles. The van der Waals surface area contributed by atoms with Crippen LogP contribution in [0.1, 0.15) is 58.4 Å². The Morgan fingerprint density at radius 3 is 1.46 bits per heavy atom. The van der Waals surface area contributed by atoms with Crippen LogP contribution in [0.15, 0.2) is 200 Å². The van der Waals surface area contributed by atoms with Crippen LogP contribution in [0.5, 0.6) is 0 Å². The van der Waals surface area contributed by atoms with Crippen LogP contribution < -0.4 is 4.90 Å². The van der Waals surface area contributed by atoms with Crippen LogP contribution in [0.25, 0.3) is 55.6 Å². The van der Waals surface area contributed by atoms with Gasteiger partial charge in [-0.25, -0.2) is 0 Å². The highest BCUT2D eigenvalue weighted by Gasteiger charge is 2.52. The van der Waals surface area contributed by atoms with E-state index in [0.717, 1.165) is 17.1 Å². The van der Waals surface area contributed by atoms with Gasteiger partial charge in [-0.2, -0.15) is 0 Å². The van der Waals surface area contributed by atoms with E-state index in [1.165, 1.54) is 100 Å². The predicted molar refractivity (Wildman–Crippen MR) is 255 cm³/mol. The Morgan fingerprint density at radius 1 is 0.311 bits per heavy atom. The number of hydrogen-bond donors (Lipinski definition) is 0. The van der Waals surface area contributed by atoms with Gasteiger partial charge in [0, 0.05) is 22.5 Å². The Labute approximate surface area is 359 Å². The zero-order chi connectivity index (χ0) is 41.0. The van der Waals surface area contributed by atoms with Crippen LogP contribution in [0.3, 0.4) is 0 Å². The van der Waals surface area contributed by atoms with Crippen molar-refractivity contribution in [1.82, 2.24) is 0 Å². The lowest BCUT2D eigenvalue weighted by atomic mass is 9.70. The molecule has 3 aliphatic carbocycles. The first kappa shape index (κ1) is 35.7. The molecule has 0 amide bonds. The molecule has 1 spiro atoms. The van der Waals surface area contributed by atoms with Crippen molar-refractivity contribution in [2.75, 3.05) is 4.90 Å². The summed E-state index contributed by atoms with van der Waals surface area (Å²) in [6, 6.07) is 75.2. The quantitative estimate of drug-likeness (QED) is 0.168. The third kappa shape index (κ3) is 5.07. The van der Waals surface area contributed by atoms with Crippen molar-refractivity contribution in [1.29, 1.82) is 0 Å². The molecule has 0 atom stereocenters. The Morgan fingerprint density at radius 2 is 0.803 bits per heavy atom. The highest BCUT2D eigenvalue weighted by Crippen LogP contribution is 2.64. The number of nitrogens with zero attached hydrogens (tertiary/aromatic N) is 1. The third-order valence-corrected chi connectivity index (χ3v) is 14.0. The van der Waals surface area contributed by atoms with Crippen molar-refractivity contribution in [2.24, 2.45) is 0 Å². The molecule has 9 aromatic rings. The number of rotatable bonds is 5. The molecule has 61 heavy (non-hydrogen) atoms. The Balaban J connectivity index is 1.02. The number of aryl methyl sites for hydroxylation is 2. The van der Waals surface area contributed by atoms with Crippen molar-refractivity contribution in [2.45, 2.75) is 38.5 Å². The van der Waals surface area contributed by atoms with Crippen molar-refractivity contribution in [3.63, 3.8) is 0 Å². The zero-order valence-electron chi connectivity index (χ0n) is 35.0. The van der Waals surface area contributed by atoms with Gasteiger partial charge in [0.25, 0.3) is 0 Å². The van der Waals surface area contributed by atoms with Gasteiger partial charge < -0.3 is 4.90 Å². The molecule has 12 rings (SSSR count). The van der Waals surface area contributed by atoms with E-state index in [2.05, 4.69) is 233 Å². The predicted octanol–water partition coefficient (Wildman–Crippen LogP) is 15.8. The number of fused-ring (bicyclic) bond motifs is 13. The molecular formula is C60H45N. The Hall–Kier alpha value is -7.22. The minimum atomic E-state index is -0.381. The molecule has 1 nitrogen and oxygen atoms in total. The SMILES string of the molecule is Cc1ccc2c(c1)C1(c3ccccc3-c3ccccc31)c1cc(C)cc(-c3ccc(N(c4ccc(-c5ccccc5)cc4)c4ccc5c(c4)C(C)(C)c4ccccc4-5)cc3)c1-2. The number of anilines is 3. The molecule has 9 aromatic carbocycles. The van der Waals surface area contributed by atoms with Gasteiger partial charge in [0.2, 0.25) is 0 Å². The first-order chi connectivity index (χ1) is 29.8. The van der Waals surface area contributed by atoms with E-state index in [1.807, 2.05) is 0 Å². The topological polar surface area (TPSA) is 3.24 Å². The van der Waals surface area contributed by atoms with Gasteiger partial charge in [0.1, 0.15) is 0 Å². The summed E-state index contributed by atoms with van der Waals surface area (Å²) in [7, 11) is 0. The van der Waals surface area contributed by atoms with E-state index in [1.54, 1.807) is 0 Å². The second-order valence-electron chi connectivity index (χ2n) is 17.8. The second-order valence-corrected chi connectivity index (χ2v) is 17.8. The largest absolute Gasteiger partial charge is 0.310 e. The molecule has 0 radical (unpaired) electrons. The minimum Gasteiger partial charge on any atom is -0.310 e. The van der Waals surface area contributed by atoms with Crippen LogP contribution in [0, 0.1) is 13.8 Å². The average molecular weight is 780 g/mol. The fourth-order valence-corrected chi connectivity index (χ4v) is 11.2. The summed E-state index contributed by atoms with van der Waals surface area (Å²) in [5, 5.41) is 0. The van der Waals surface area contributed by atoms with Gasteiger partial charge in [-0.3, -0.25) is 0 Å². The summed E-state index contributed by atoms with van der Waals surface area (Å²) in [6.45, 7) is 9.22. The van der Waals surface area contributed by atoms with Gasteiger partial charge in [-0.1, -0.05) is 189 Å². The smallest absolute Gasteiger partial charge is 0.0725 e. The monoisotopic (exact) mass is 779 g/mol. The lowest BCUT2D eigenvalue weighted by Gasteiger charge is -2.31. The third-order valence-electron chi connectivity index (χ3n) is 14.0. The highest BCUT2D eigenvalue weighted by atomic mass is 15.1. The van der Waals surface area contributed by atoms with E-state index in [4.69, 9.17) is 0 Å². The number of benzene rings is 9. The Kier molecular flexibility index (Phi) is 7.69. The summed E-state index contributed by atoms with van der Waals surface area (Å²) in [6.07, 6.45) is 0. The summed E-state index contributed by atoms with van der Waals surface area (Å²) in [4.78, 5) is 2.43. The van der Waals surface area contributed by atoms with Gasteiger partial charge in [0.05, 0.1) is 5.41 Å². The van der Waals surface area contributed by atoms with Crippen molar-refractivity contribution < 1.29 is 0 Å². The van der Waals surface area contributed by atoms with E-state index >= 15 is 0 Å². The van der Waals surface area contributed by atoms with Crippen molar-refractivity contribution in [3.05, 3.63) is 245 Å². The standard InChI is InChI=1S/C60H45N/c1-38-22-32-50-56(35-38)60(53-20-12-9-17-47(53)48-18-10-13-21-54(48)60)57-36-39(2)34-51(58(50)57)42-25-29-44(30-26-42)61(43-27-23-41(24-28-43)40-14-6-5-7-15-40)45-31-33-49-46-16-8-11-19-52(46)59(3,4)55(49)37-45/h5-37H,1-4H3. The first-order valence-electron chi connectivity index (χ1n) is 21.6. The highest BCUT2D eigenvalue weighted by molar-refractivity contribution is 6.00. The molecule has 0 bridgehead atoms. The lowest BCUT2D eigenvalue weighted by molar-refractivity contribution is 0.660. The molecule has 290 valence electrons. The fraction of sp³-hybridized carbons (Fsp3) is 0.100. The summed E-state index contributed by atoms with van der Waals surface area (Å²) in [5.74, 6) is 0. The second kappa shape index (κ2) is 13.1. The molecule has 0 heterocycles. The Bertz CT molecular complexity index is 3180. The maximum atomic E-state index is 2.47. The van der Waals surface area contributed by atoms with Gasteiger partial charge >= 0.3 is 0 Å². The van der Waals surface area contributed by atoms with Crippen LogP contribution in [0.2, 0.25) is 0 Å². The summed E-state index contributed by atoms with van der Waals surface area (Å²) < 4.78 is 0. The molecule has 3 aliphatic rings. The molecule has 0 fully saturated rings. The lowest BCUT2D eigenvalue weighted by Crippen LogP contribution is -2.26. The van der Waals surface area contributed by atoms with E-state index in [9.17, 15) is 0 Å². The molecule has 0 saturated heterocycles. The first-order valence-corrected chi connectivity index (χ1v) is 21.6. The normalized spacial score (nSPS) is 14.2.